The largest absolute Gasteiger partial charge is 0.316 e. The summed E-state index contributed by atoms with van der Waals surface area (Å²) in [5.74, 6) is 2.07. The van der Waals surface area contributed by atoms with Gasteiger partial charge in [0.15, 0.2) is 0 Å². The van der Waals surface area contributed by atoms with E-state index in [2.05, 4.69) is 24.5 Å². The van der Waals surface area contributed by atoms with Crippen LogP contribution in [0.4, 0.5) is 0 Å². The second-order valence-corrected chi connectivity index (χ2v) is 5.53. The molecule has 0 radical (unpaired) electrons. The van der Waals surface area contributed by atoms with E-state index in [0.29, 0.717) is 6.04 Å². The van der Waals surface area contributed by atoms with Gasteiger partial charge in [0.2, 0.25) is 0 Å². The molecule has 1 aliphatic carbocycles. The van der Waals surface area contributed by atoms with Gasteiger partial charge in [-0.1, -0.05) is 11.6 Å². The molecule has 1 aliphatic rings. The molecule has 1 aromatic rings. The number of benzene rings is 1. The maximum absolute atomic E-state index is 5.84. The van der Waals surface area contributed by atoms with Gasteiger partial charge in [-0.3, -0.25) is 0 Å². The smallest absolute Gasteiger partial charge is 0.0406 e. The van der Waals surface area contributed by atoms with Crippen LogP contribution in [0.1, 0.15) is 12.8 Å². The molecule has 1 nitrogen and oxygen atoms in total. The Morgan fingerprint density at radius 2 is 2.07 bits per heavy atom. The van der Waals surface area contributed by atoms with Gasteiger partial charge in [0.05, 0.1) is 0 Å². The minimum atomic E-state index is 0.672. The molecule has 0 amide bonds. The monoisotopic (exact) mass is 241 g/mol. The van der Waals surface area contributed by atoms with Crippen LogP contribution in [0.25, 0.3) is 0 Å². The quantitative estimate of drug-likeness (QED) is 0.793. The Balaban J connectivity index is 1.83. The lowest BCUT2D eigenvalue weighted by Gasteiger charge is -2.14. The summed E-state index contributed by atoms with van der Waals surface area (Å²) in [6, 6.07) is 8.76. The summed E-state index contributed by atoms with van der Waals surface area (Å²) in [4.78, 5) is 1.31. The third-order valence-electron chi connectivity index (χ3n) is 2.81. The average Bonchev–Trinajstić information content (AvgIpc) is 3.06. The van der Waals surface area contributed by atoms with Crippen molar-refractivity contribution in [1.82, 2.24) is 5.32 Å². The van der Waals surface area contributed by atoms with Crippen LogP contribution in [0.5, 0.6) is 0 Å². The Morgan fingerprint density at radius 1 is 1.40 bits per heavy atom. The van der Waals surface area contributed by atoms with E-state index in [9.17, 15) is 0 Å². The Kier molecular flexibility index (Phi) is 3.95. The van der Waals surface area contributed by atoms with Gasteiger partial charge in [-0.2, -0.15) is 0 Å². The fraction of sp³-hybridized carbons (Fsp3) is 0.500. The first-order valence-electron chi connectivity index (χ1n) is 5.35. The zero-order valence-electron chi connectivity index (χ0n) is 8.87. The molecule has 1 unspecified atom stereocenters. The van der Waals surface area contributed by atoms with Crippen LogP contribution in [0.3, 0.4) is 0 Å². The highest BCUT2D eigenvalue weighted by Crippen LogP contribution is 2.35. The predicted molar refractivity (Wildman–Crippen MR) is 67.7 cm³/mol. The Hall–Kier alpha value is -0.180. The molecular weight excluding hydrogens is 226 g/mol. The van der Waals surface area contributed by atoms with E-state index in [0.717, 1.165) is 16.7 Å². The van der Waals surface area contributed by atoms with Crippen LogP contribution in [0.15, 0.2) is 29.2 Å². The number of nitrogens with one attached hydrogen (secondary N) is 1. The zero-order chi connectivity index (χ0) is 10.7. The summed E-state index contributed by atoms with van der Waals surface area (Å²) in [5, 5.41) is 4.21. The molecule has 0 spiro atoms. The topological polar surface area (TPSA) is 12.0 Å². The van der Waals surface area contributed by atoms with Gasteiger partial charge >= 0.3 is 0 Å². The van der Waals surface area contributed by atoms with E-state index in [1.54, 1.807) is 0 Å². The van der Waals surface area contributed by atoms with Crippen LogP contribution in [0, 0.1) is 5.92 Å². The molecule has 0 heterocycles. The van der Waals surface area contributed by atoms with E-state index >= 15 is 0 Å². The minimum absolute atomic E-state index is 0.672. The molecule has 82 valence electrons. The first kappa shape index (κ1) is 11.3. The zero-order valence-corrected chi connectivity index (χ0v) is 10.4. The first-order valence-corrected chi connectivity index (χ1v) is 6.71. The molecule has 1 atom stereocenters. The molecule has 1 fully saturated rings. The van der Waals surface area contributed by atoms with Gasteiger partial charge in [-0.05, 0) is 50.1 Å². The highest BCUT2D eigenvalue weighted by molar-refractivity contribution is 7.99. The van der Waals surface area contributed by atoms with Crippen LogP contribution in [-0.2, 0) is 0 Å². The molecule has 0 saturated heterocycles. The van der Waals surface area contributed by atoms with Crippen LogP contribution in [-0.4, -0.2) is 18.8 Å². The lowest BCUT2D eigenvalue weighted by molar-refractivity contribution is 0.554. The predicted octanol–water partition coefficient (Wildman–Crippen LogP) is 3.43. The molecule has 3 heteroatoms. The normalized spacial score (nSPS) is 17.7. The summed E-state index contributed by atoms with van der Waals surface area (Å²) >= 11 is 7.75. The van der Waals surface area contributed by atoms with E-state index < -0.39 is 0 Å². The Morgan fingerprint density at radius 3 is 2.60 bits per heavy atom. The van der Waals surface area contributed by atoms with Crippen molar-refractivity contribution in [3.63, 3.8) is 0 Å². The lowest BCUT2D eigenvalue weighted by Crippen LogP contribution is -2.29. The van der Waals surface area contributed by atoms with E-state index in [1.165, 1.54) is 17.7 Å². The van der Waals surface area contributed by atoms with E-state index in [1.807, 2.05) is 23.9 Å². The first-order chi connectivity index (χ1) is 7.29. The summed E-state index contributed by atoms with van der Waals surface area (Å²) in [7, 11) is 2.06. The van der Waals surface area contributed by atoms with E-state index in [4.69, 9.17) is 11.6 Å². The molecule has 2 rings (SSSR count). The van der Waals surface area contributed by atoms with Crippen molar-refractivity contribution in [2.24, 2.45) is 5.92 Å². The molecule has 0 bridgehead atoms. The summed E-state index contributed by atoms with van der Waals surface area (Å²) in [6.07, 6.45) is 2.79. The van der Waals surface area contributed by atoms with E-state index in [-0.39, 0.29) is 0 Å². The van der Waals surface area contributed by atoms with Gasteiger partial charge in [0, 0.05) is 21.7 Å². The summed E-state index contributed by atoms with van der Waals surface area (Å²) in [5.41, 5.74) is 0. The number of halogens is 1. The molecular formula is C12H16ClNS. The fourth-order valence-corrected chi connectivity index (χ4v) is 2.94. The van der Waals surface area contributed by atoms with Gasteiger partial charge in [-0.15, -0.1) is 11.8 Å². The number of thioether (sulfide) groups is 1. The highest BCUT2D eigenvalue weighted by atomic mass is 35.5. The number of rotatable bonds is 5. The van der Waals surface area contributed by atoms with Gasteiger partial charge in [0.25, 0.3) is 0 Å². The molecule has 1 aromatic carbocycles. The lowest BCUT2D eigenvalue weighted by atomic mass is 10.2. The number of hydrogen-bond acceptors (Lipinski definition) is 2. The van der Waals surface area contributed by atoms with Crippen LogP contribution >= 0.6 is 23.4 Å². The third kappa shape index (κ3) is 3.40. The standard InChI is InChI=1S/C12H16ClNS/c1-14-12(9-2-3-9)8-15-11-6-4-10(13)5-7-11/h4-7,9,12,14H,2-3,8H2,1H3. The Labute approximate surface area is 101 Å². The molecule has 1 saturated carbocycles. The van der Waals surface area contributed by atoms with Crippen molar-refractivity contribution in [3.05, 3.63) is 29.3 Å². The minimum Gasteiger partial charge on any atom is -0.316 e. The SMILES string of the molecule is CNC(CSc1ccc(Cl)cc1)C1CC1. The van der Waals surface area contributed by atoms with Gasteiger partial charge in [-0.25, -0.2) is 0 Å². The van der Waals surface area contributed by atoms with Crippen molar-refractivity contribution < 1.29 is 0 Å². The molecule has 0 aromatic heterocycles. The highest BCUT2D eigenvalue weighted by Gasteiger charge is 2.29. The summed E-state index contributed by atoms with van der Waals surface area (Å²) in [6.45, 7) is 0. The Bertz CT molecular complexity index is 308. The van der Waals surface area contributed by atoms with Crippen molar-refractivity contribution >= 4 is 23.4 Å². The molecule has 1 N–H and O–H groups in total. The van der Waals surface area contributed by atoms with Crippen molar-refractivity contribution in [2.45, 2.75) is 23.8 Å². The molecule has 0 aliphatic heterocycles. The third-order valence-corrected chi connectivity index (χ3v) is 4.19. The molecule has 15 heavy (non-hydrogen) atoms. The van der Waals surface area contributed by atoms with Crippen molar-refractivity contribution in [3.8, 4) is 0 Å². The second-order valence-electron chi connectivity index (χ2n) is 4.00. The fourth-order valence-electron chi connectivity index (χ4n) is 1.67. The van der Waals surface area contributed by atoms with Crippen molar-refractivity contribution in [2.75, 3.05) is 12.8 Å². The van der Waals surface area contributed by atoms with Gasteiger partial charge < -0.3 is 5.32 Å². The second kappa shape index (κ2) is 5.24. The maximum atomic E-state index is 5.84. The maximum Gasteiger partial charge on any atom is 0.0406 e. The summed E-state index contributed by atoms with van der Waals surface area (Å²) < 4.78 is 0. The number of hydrogen-bond donors (Lipinski definition) is 1. The van der Waals surface area contributed by atoms with Crippen LogP contribution < -0.4 is 5.32 Å². The van der Waals surface area contributed by atoms with Crippen molar-refractivity contribution in [1.29, 1.82) is 0 Å². The van der Waals surface area contributed by atoms with Gasteiger partial charge in [0.1, 0.15) is 0 Å². The van der Waals surface area contributed by atoms with Crippen LogP contribution in [0.2, 0.25) is 5.02 Å². The average molecular weight is 242 g/mol.